The van der Waals surface area contributed by atoms with Gasteiger partial charge in [-0.05, 0) is 31.2 Å². The van der Waals surface area contributed by atoms with Gasteiger partial charge in [-0.15, -0.1) is 22.0 Å². The Labute approximate surface area is 189 Å². The maximum Gasteiger partial charge on any atom is 0.313 e. The number of rotatable bonds is 12. The number of aromatic nitrogens is 3. The molecule has 0 aliphatic heterocycles. The lowest BCUT2D eigenvalue weighted by molar-refractivity contribution is -0.142. The summed E-state index contributed by atoms with van der Waals surface area (Å²) in [6.45, 7) is 3.00. The first-order valence-corrected chi connectivity index (χ1v) is 11.8. The molecule has 2 heterocycles. The van der Waals surface area contributed by atoms with Gasteiger partial charge in [0.15, 0.2) is 5.16 Å². The molecule has 1 aromatic carbocycles. The lowest BCUT2D eigenvalue weighted by Crippen LogP contribution is -2.27. The Balaban J connectivity index is 1.52. The summed E-state index contributed by atoms with van der Waals surface area (Å²) in [6.07, 6.45) is 1.59. The van der Waals surface area contributed by atoms with E-state index in [1.54, 1.807) is 35.6 Å². The smallest absolute Gasteiger partial charge is 0.313 e. The Morgan fingerprint density at radius 2 is 1.97 bits per heavy atom. The van der Waals surface area contributed by atoms with Gasteiger partial charge >= 0.3 is 5.97 Å². The van der Waals surface area contributed by atoms with Crippen molar-refractivity contribution in [1.82, 2.24) is 20.1 Å². The maximum atomic E-state index is 12.2. The van der Waals surface area contributed by atoms with Crippen molar-refractivity contribution in [2.75, 3.05) is 24.7 Å². The van der Waals surface area contributed by atoms with E-state index in [9.17, 15) is 9.59 Å². The lowest BCUT2D eigenvalue weighted by Gasteiger charge is -2.09. The second kappa shape index (κ2) is 12.2. The number of nitrogens with zero attached hydrogens (tertiary/aromatic N) is 3. The minimum absolute atomic E-state index is 0.00497. The molecule has 0 saturated carbocycles. The molecule has 1 amide bonds. The van der Waals surface area contributed by atoms with Gasteiger partial charge in [-0.3, -0.25) is 14.2 Å². The van der Waals surface area contributed by atoms with E-state index in [1.165, 1.54) is 16.7 Å². The number of esters is 1. The van der Waals surface area contributed by atoms with Crippen LogP contribution < -0.4 is 5.32 Å². The van der Waals surface area contributed by atoms with Crippen molar-refractivity contribution in [2.24, 2.45) is 0 Å². The third kappa shape index (κ3) is 7.48. The number of carbonyl (C=O) groups is 2. The zero-order valence-electron chi connectivity index (χ0n) is 17.2. The van der Waals surface area contributed by atoms with E-state index in [2.05, 4.69) is 15.5 Å². The van der Waals surface area contributed by atoms with Crippen molar-refractivity contribution in [3.63, 3.8) is 0 Å². The van der Waals surface area contributed by atoms with Crippen LogP contribution in [0, 0.1) is 0 Å². The Kier molecular flexibility index (Phi) is 9.04. The topological polar surface area (TPSA) is 99.3 Å². The van der Waals surface area contributed by atoms with Crippen LogP contribution in [-0.4, -0.2) is 51.3 Å². The van der Waals surface area contributed by atoms with Crippen molar-refractivity contribution < 1.29 is 18.7 Å². The van der Waals surface area contributed by atoms with Crippen molar-refractivity contribution in [2.45, 2.75) is 29.9 Å². The number of hydrogen-bond acceptors (Lipinski definition) is 8. The summed E-state index contributed by atoms with van der Waals surface area (Å²) in [5.41, 5.74) is 0. The van der Waals surface area contributed by atoms with E-state index in [1.807, 2.05) is 36.4 Å². The molecule has 10 heteroatoms. The largest absolute Gasteiger partial charge is 0.467 e. The van der Waals surface area contributed by atoms with Gasteiger partial charge in [0.25, 0.3) is 0 Å². The Bertz CT molecular complexity index is 961. The van der Waals surface area contributed by atoms with Crippen LogP contribution in [0.4, 0.5) is 0 Å². The average molecular weight is 461 g/mol. The predicted molar refractivity (Wildman–Crippen MR) is 119 cm³/mol. The molecular formula is C21H24N4O4S2. The monoisotopic (exact) mass is 460 g/mol. The number of ether oxygens (including phenoxy) is 1. The highest BCUT2D eigenvalue weighted by atomic mass is 32.2. The quantitative estimate of drug-likeness (QED) is 0.250. The van der Waals surface area contributed by atoms with E-state index in [-0.39, 0.29) is 24.1 Å². The standard InChI is InChI=1S/C21H24N4O4S2/c1-2-28-20(27)13-18-23-24-21(25(18)14-16-7-6-11-29-16)31-15-19(26)22-10-12-30-17-8-4-3-5-9-17/h3-9,11H,2,10,12-15H2,1H3,(H,22,26). The second-order valence-electron chi connectivity index (χ2n) is 6.35. The van der Waals surface area contributed by atoms with E-state index >= 15 is 0 Å². The number of furan rings is 1. The fourth-order valence-electron chi connectivity index (χ4n) is 2.67. The molecule has 2 aromatic heterocycles. The van der Waals surface area contributed by atoms with Crippen molar-refractivity contribution in [1.29, 1.82) is 0 Å². The molecule has 0 bridgehead atoms. The van der Waals surface area contributed by atoms with E-state index in [4.69, 9.17) is 9.15 Å². The van der Waals surface area contributed by atoms with Gasteiger partial charge in [-0.1, -0.05) is 30.0 Å². The SMILES string of the molecule is CCOC(=O)Cc1nnc(SCC(=O)NCCSc2ccccc2)n1Cc1ccco1. The van der Waals surface area contributed by atoms with Crippen LogP contribution in [0.3, 0.4) is 0 Å². The molecule has 8 nitrogen and oxygen atoms in total. The highest BCUT2D eigenvalue weighted by molar-refractivity contribution is 7.99. The summed E-state index contributed by atoms with van der Waals surface area (Å²) in [5, 5.41) is 11.7. The number of carbonyl (C=O) groups excluding carboxylic acids is 2. The third-order valence-corrected chi connectivity index (χ3v) is 6.04. The number of amides is 1. The van der Waals surface area contributed by atoms with Gasteiger partial charge in [0, 0.05) is 17.2 Å². The number of nitrogens with one attached hydrogen (secondary N) is 1. The minimum atomic E-state index is -0.374. The Hall–Kier alpha value is -2.72. The molecule has 0 unspecified atom stereocenters. The summed E-state index contributed by atoms with van der Waals surface area (Å²) in [4.78, 5) is 25.3. The first-order valence-electron chi connectivity index (χ1n) is 9.83. The Morgan fingerprint density at radius 1 is 1.13 bits per heavy atom. The van der Waals surface area contributed by atoms with Gasteiger partial charge in [0.1, 0.15) is 18.0 Å². The zero-order valence-corrected chi connectivity index (χ0v) is 18.8. The third-order valence-electron chi connectivity index (χ3n) is 4.06. The molecule has 0 aliphatic carbocycles. The molecule has 3 aromatic rings. The fraction of sp³-hybridized carbons (Fsp3) is 0.333. The van der Waals surface area contributed by atoms with Gasteiger partial charge in [-0.25, -0.2) is 0 Å². The predicted octanol–water partition coefficient (Wildman–Crippen LogP) is 3.03. The molecule has 0 spiro atoms. The summed E-state index contributed by atoms with van der Waals surface area (Å²) in [7, 11) is 0. The van der Waals surface area contributed by atoms with Crippen LogP contribution in [0.1, 0.15) is 18.5 Å². The van der Waals surface area contributed by atoms with Gasteiger partial charge in [0.2, 0.25) is 5.91 Å². The van der Waals surface area contributed by atoms with Gasteiger partial charge in [0.05, 0.1) is 25.2 Å². The molecule has 0 atom stereocenters. The molecule has 164 valence electrons. The molecule has 0 radical (unpaired) electrons. The number of benzene rings is 1. The average Bonchev–Trinajstić information content (AvgIpc) is 3.42. The zero-order chi connectivity index (χ0) is 21.9. The van der Waals surface area contributed by atoms with Crippen LogP contribution in [0.25, 0.3) is 0 Å². The van der Waals surface area contributed by atoms with Crippen LogP contribution in [0.15, 0.2) is 63.2 Å². The molecule has 31 heavy (non-hydrogen) atoms. The van der Waals surface area contributed by atoms with E-state index in [0.717, 1.165) is 5.75 Å². The highest BCUT2D eigenvalue weighted by Crippen LogP contribution is 2.20. The summed E-state index contributed by atoms with van der Waals surface area (Å²) in [5.74, 6) is 1.70. The van der Waals surface area contributed by atoms with Gasteiger partial charge in [-0.2, -0.15) is 0 Å². The molecule has 0 aliphatic rings. The molecule has 0 saturated heterocycles. The number of hydrogen-bond donors (Lipinski definition) is 1. The minimum Gasteiger partial charge on any atom is -0.467 e. The molecule has 0 fully saturated rings. The van der Waals surface area contributed by atoms with E-state index in [0.29, 0.717) is 36.4 Å². The van der Waals surface area contributed by atoms with Crippen molar-refractivity contribution in [3.05, 3.63) is 60.3 Å². The first-order chi connectivity index (χ1) is 15.2. The summed E-state index contributed by atoms with van der Waals surface area (Å²) in [6, 6.07) is 13.7. The molecule has 3 rings (SSSR count). The van der Waals surface area contributed by atoms with Crippen LogP contribution >= 0.6 is 23.5 Å². The maximum absolute atomic E-state index is 12.2. The van der Waals surface area contributed by atoms with Crippen molar-refractivity contribution in [3.8, 4) is 0 Å². The normalized spacial score (nSPS) is 10.7. The molecule has 1 N–H and O–H groups in total. The fourth-order valence-corrected chi connectivity index (χ4v) is 4.25. The second-order valence-corrected chi connectivity index (χ2v) is 8.46. The summed E-state index contributed by atoms with van der Waals surface area (Å²) >= 11 is 2.96. The van der Waals surface area contributed by atoms with Crippen molar-refractivity contribution >= 4 is 35.4 Å². The molecular weight excluding hydrogens is 436 g/mol. The van der Waals surface area contributed by atoms with Crippen LogP contribution in [-0.2, 0) is 27.3 Å². The van der Waals surface area contributed by atoms with Crippen LogP contribution in [0.5, 0.6) is 0 Å². The highest BCUT2D eigenvalue weighted by Gasteiger charge is 2.18. The Morgan fingerprint density at radius 3 is 2.71 bits per heavy atom. The number of thioether (sulfide) groups is 2. The van der Waals surface area contributed by atoms with E-state index < -0.39 is 0 Å². The summed E-state index contributed by atoms with van der Waals surface area (Å²) < 4.78 is 12.2. The first kappa shape index (κ1) is 23.0. The van der Waals surface area contributed by atoms with Gasteiger partial charge < -0.3 is 14.5 Å². The lowest BCUT2D eigenvalue weighted by atomic mass is 10.4. The van der Waals surface area contributed by atoms with Crippen LogP contribution in [0.2, 0.25) is 0 Å².